The third-order valence-electron chi connectivity index (χ3n) is 3.63. The lowest BCUT2D eigenvalue weighted by atomic mass is 10.2. The molecule has 0 bridgehead atoms. The Morgan fingerprint density at radius 1 is 1.19 bits per heavy atom. The molecule has 1 amide bonds. The van der Waals surface area contributed by atoms with Crippen LogP contribution in [0.4, 0.5) is 0 Å². The second-order valence-corrected chi connectivity index (χ2v) is 7.65. The lowest BCUT2D eigenvalue weighted by molar-refractivity contribution is -0.121. The monoisotopic (exact) mass is 375 g/mol. The van der Waals surface area contributed by atoms with Gasteiger partial charge in [0.15, 0.2) is 0 Å². The average molecular weight is 375 g/mol. The fraction of sp³-hybridized carbons (Fsp3) is 0.222. The Balaban J connectivity index is 1.98. The molecule has 0 aliphatic rings. The molecule has 0 spiro atoms. The van der Waals surface area contributed by atoms with E-state index in [4.69, 9.17) is 4.74 Å². The van der Waals surface area contributed by atoms with Crippen LogP contribution in [0.15, 0.2) is 58.5 Å². The number of para-hydroxylation sites is 1. The molecule has 138 valence electrons. The number of hydrazone groups is 1. The number of hydrogen-bond donors (Lipinski definition) is 1. The number of sulfonamides is 1. The Hall–Kier alpha value is -2.71. The van der Waals surface area contributed by atoms with Crippen LogP contribution >= 0.6 is 0 Å². The van der Waals surface area contributed by atoms with Crippen LogP contribution in [0.2, 0.25) is 0 Å². The summed E-state index contributed by atoms with van der Waals surface area (Å²) in [7, 11) is -0.854. The molecule has 1 N–H and O–H groups in total. The first kappa shape index (κ1) is 19.6. The van der Waals surface area contributed by atoms with E-state index in [1.165, 1.54) is 32.5 Å². The summed E-state index contributed by atoms with van der Waals surface area (Å²) in [5.74, 6) is 0.0684. The molecular weight excluding hydrogens is 354 g/mol. The van der Waals surface area contributed by atoms with Gasteiger partial charge in [-0.2, -0.15) is 9.41 Å². The number of benzene rings is 2. The second kappa shape index (κ2) is 8.59. The molecule has 2 rings (SSSR count). The molecule has 0 aliphatic carbocycles. The van der Waals surface area contributed by atoms with Crippen LogP contribution in [0, 0.1) is 6.92 Å². The minimum atomic E-state index is -3.74. The van der Waals surface area contributed by atoms with Gasteiger partial charge in [-0.1, -0.05) is 29.8 Å². The molecule has 0 unspecified atom stereocenters. The topological polar surface area (TPSA) is 88.1 Å². The smallest absolute Gasteiger partial charge is 0.255 e. The second-order valence-electron chi connectivity index (χ2n) is 5.61. The predicted molar refractivity (Wildman–Crippen MR) is 99.7 cm³/mol. The van der Waals surface area contributed by atoms with E-state index in [2.05, 4.69) is 10.5 Å². The fourth-order valence-electron chi connectivity index (χ4n) is 2.16. The Bertz CT molecular complexity index is 893. The number of ether oxygens (including phenoxy) is 1. The van der Waals surface area contributed by atoms with Gasteiger partial charge in [-0.05, 0) is 31.2 Å². The van der Waals surface area contributed by atoms with Crippen LogP contribution in [0.25, 0.3) is 0 Å². The largest absolute Gasteiger partial charge is 0.496 e. The van der Waals surface area contributed by atoms with E-state index in [-0.39, 0.29) is 11.4 Å². The van der Waals surface area contributed by atoms with Gasteiger partial charge in [0.05, 0.1) is 24.8 Å². The normalized spacial score (nSPS) is 11.7. The van der Waals surface area contributed by atoms with Gasteiger partial charge in [-0.3, -0.25) is 4.79 Å². The molecule has 0 atom stereocenters. The molecule has 0 radical (unpaired) electrons. The first-order chi connectivity index (χ1) is 12.3. The number of nitrogens with zero attached hydrogens (tertiary/aromatic N) is 2. The molecule has 2 aromatic rings. The average Bonchev–Trinajstić information content (AvgIpc) is 2.62. The minimum Gasteiger partial charge on any atom is -0.496 e. The number of amides is 1. The molecule has 0 saturated heterocycles. The first-order valence-electron chi connectivity index (χ1n) is 7.82. The van der Waals surface area contributed by atoms with Crippen molar-refractivity contribution in [3.63, 3.8) is 0 Å². The summed E-state index contributed by atoms with van der Waals surface area (Å²) in [6.45, 7) is 1.52. The molecule has 8 heteroatoms. The Morgan fingerprint density at radius 3 is 2.50 bits per heavy atom. The number of hydrogen-bond acceptors (Lipinski definition) is 5. The Labute approximate surface area is 153 Å². The summed E-state index contributed by atoms with van der Waals surface area (Å²) in [4.78, 5) is 12.1. The highest BCUT2D eigenvalue weighted by Gasteiger charge is 2.22. The van der Waals surface area contributed by atoms with Crippen LogP contribution in [0.1, 0.15) is 11.1 Å². The van der Waals surface area contributed by atoms with Crippen molar-refractivity contribution in [1.29, 1.82) is 0 Å². The van der Waals surface area contributed by atoms with E-state index >= 15 is 0 Å². The van der Waals surface area contributed by atoms with Gasteiger partial charge >= 0.3 is 0 Å². The van der Waals surface area contributed by atoms with Crippen molar-refractivity contribution in [2.75, 3.05) is 20.7 Å². The quantitative estimate of drug-likeness (QED) is 0.590. The van der Waals surface area contributed by atoms with Gasteiger partial charge in [-0.25, -0.2) is 13.8 Å². The van der Waals surface area contributed by atoms with Gasteiger partial charge < -0.3 is 4.74 Å². The zero-order valence-electron chi connectivity index (χ0n) is 14.8. The van der Waals surface area contributed by atoms with Crippen molar-refractivity contribution >= 4 is 22.1 Å². The number of aryl methyl sites for hydroxylation is 1. The number of likely N-dealkylation sites (N-methyl/N-ethyl adjacent to an activating group) is 1. The zero-order chi connectivity index (χ0) is 19.2. The molecule has 0 fully saturated rings. The van der Waals surface area contributed by atoms with Crippen LogP contribution in [-0.2, 0) is 14.8 Å². The molecule has 2 aromatic carbocycles. The lowest BCUT2D eigenvalue weighted by Crippen LogP contribution is -2.36. The third-order valence-corrected chi connectivity index (χ3v) is 5.44. The summed E-state index contributed by atoms with van der Waals surface area (Å²) >= 11 is 0. The summed E-state index contributed by atoms with van der Waals surface area (Å²) in [6.07, 6.45) is 1.44. The van der Waals surface area contributed by atoms with Crippen LogP contribution in [-0.4, -0.2) is 45.5 Å². The molecule has 0 saturated carbocycles. The number of rotatable bonds is 7. The minimum absolute atomic E-state index is 0.135. The molecule has 0 aromatic heterocycles. The predicted octanol–water partition coefficient (Wildman–Crippen LogP) is 1.77. The lowest BCUT2D eigenvalue weighted by Gasteiger charge is -2.16. The van der Waals surface area contributed by atoms with Gasteiger partial charge in [0.1, 0.15) is 5.75 Å². The zero-order valence-corrected chi connectivity index (χ0v) is 15.7. The van der Waals surface area contributed by atoms with Crippen LogP contribution in [0.5, 0.6) is 5.75 Å². The summed E-state index contributed by atoms with van der Waals surface area (Å²) in [5, 5.41) is 3.84. The molecular formula is C18H21N3O4S. The SMILES string of the molecule is COc1ccccc1/C=N/NC(=O)CN(C)S(=O)(=O)c1ccc(C)cc1. The maximum atomic E-state index is 12.4. The number of carbonyl (C=O) groups is 1. The fourth-order valence-corrected chi connectivity index (χ4v) is 3.29. The van der Waals surface area contributed by atoms with E-state index < -0.39 is 15.9 Å². The summed E-state index contributed by atoms with van der Waals surface area (Å²) < 4.78 is 31.1. The number of carbonyl (C=O) groups excluding carboxylic acids is 1. The molecule has 7 nitrogen and oxygen atoms in total. The third kappa shape index (κ3) is 4.90. The maximum Gasteiger partial charge on any atom is 0.255 e. The van der Waals surface area contributed by atoms with Crippen molar-refractivity contribution in [1.82, 2.24) is 9.73 Å². The highest BCUT2D eigenvalue weighted by atomic mass is 32.2. The summed E-state index contributed by atoms with van der Waals surface area (Å²) in [5.41, 5.74) is 3.96. The number of methoxy groups -OCH3 is 1. The van der Waals surface area contributed by atoms with Gasteiger partial charge in [-0.15, -0.1) is 0 Å². The summed E-state index contributed by atoms with van der Waals surface area (Å²) in [6, 6.07) is 13.6. The van der Waals surface area contributed by atoms with E-state index in [9.17, 15) is 13.2 Å². The number of nitrogens with one attached hydrogen (secondary N) is 1. The Morgan fingerprint density at radius 2 is 1.85 bits per heavy atom. The van der Waals surface area contributed by atoms with Crippen molar-refractivity contribution < 1.29 is 17.9 Å². The van der Waals surface area contributed by atoms with Gasteiger partial charge in [0.2, 0.25) is 10.0 Å². The van der Waals surface area contributed by atoms with Crippen molar-refractivity contribution in [2.24, 2.45) is 5.10 Å². The standard InChI is InChI=1S/C18H21N3O4S/c1-14-8-10-16(11-9-14)26(23,24)21(2)13-18(22)20-19-12-15-6-4-5-7-17(15)25-3/h4-12H,13H2,1-3H3,(H,20,22)/b19-12+. The van der Waals surface area contributed by atoms with E-state index in [1.807, 2.05) is 19.1 Å². The van der Waals surface area contributed by atoms with Gasteiger partial charge in [0.25, 0.3) is 5.91 Å². The highest BCUT2D eigenvalue weighted by Crippen LogP contribution is 2.15. The van der Waals surface area contributed by atoms with E-state index in [1.54, 1.807) is 24.3 Å². The Kier molecular flexibility index (Phi) is 6.48. The highest BCUT2D eigenvalue weighted by molar-refractivity contribution is 7.89. The maximum absolute atomic E-state index is 12.4. The van der Waals surface area contributed by atoms with Crippen LogP contribution in [0.3, 0.4) is 0 Å². The first-order valence-corrected chi connectivity index (χ1v) is 9.26. The van der Waals surface area contributed by atoms with Crippen molar-refractivity contribution in [2.45, 2.75) is 11.8 Å². The molecule has 0 heterocycles. The van der Waals surface area contributed by atoms with Crippen LogP contribution < -0.4 is 10.2 Å². The van der Waals surface area contributed by atoms with Crippen molar-refractivity contribution in [3.05, 3.63) is 59.7 Å². The van der Waals surface area contributed by atoms with Gasteiger partial charge in [0, 0.05) is 12.6 Å². The van der Waals surface area contributed by atoms with E-state index in [0.717, 1.165) is 9.87 Å². The molecule has 26 heavy (non-hydrogen) atoms. The van der Waals surface area contributed by atoms with E-state index in [0.29, 0.717) is 11.3 Å². The molecule has 0 aliphatic heterocycles. The van der Waals surface area contributed by atoms with Crippen molar-refractivity contribution in [3.8, 4) is 5.75 Å².